The topological polar surface area (TPSA) is 58.7 Å². The van der Waals surface area contributed by atoms with Crippen LogP contribution in [0.15, 0.2) is 65.2 Å². The molecule has 30 heavy (non-hydrogen) atoms. The van der Waals surface area contributed by atoms with Crippen LogP contribution in [-0.2, 0) is 6.42 Å². The van der Waals surface area contributed by atoms with Crippen molar-refractivity contribution >= 4 is 0 Å². The highest BCUT2D eigenvalue weighted by Crippen LogP contribution is 2.30. The van der Waals surface area contributed by atoms with Gasteiger partial charge in [0.1, 0.15) is 17.2 Å². The van der Waals surface area contributed by atoms with E-state index < -0.39 is 5.60 Å². The van der Waals surface area contributed by atoms with E-state index in [2.05, 4.69) is 47.3 Å². The van der Waals surface area contributed by atoms with Gasteiger partial charge >= 0.3 is 0 Å². The fourth-order valence-corrected chi connectivity index (χ4v) is 4.24. The van der Waals surface area contributed by atoms with E-state index in [4.69, 9.17) is 9.26 Å². The number of likely N-dealkylation sites (tertiary alicyclic amines) is 1. The van der Waals surface area contributed by atoms with Gasteiger partial charge in [-0.3, -0.25) is 0 Å². The van der Waals surface area contributed by atoms with E-state index in [1.807, 2.05) is 30.3 Å². The van der Waals surface area contributed by atoms with E-state index in [0.29, 0.717) is 12.3 Å². The minimum atomic E-state index is -0.738. The van der Waals surface area contributed by atoms with E-state index in [0.717, 1.165) is 55.2 Å². The van der Waals surface area contributed by atoms with Crippen LogP contribution in [0.5, 0.6) is 5.75 Å². The zero-order valence-corrected chi connectivity index (χ0v) is 17.8. The molecule has 0 unspecified atom stereocenters. The van der Waals surface area contributed by atoms with Gasteiger partial charge in [-0.15, -0.1) is 0 Å². The van der Waals surface area contributed by atoms with Crippen LogP contribution in [0.4, 0.5) is 0 Å². The van der Waals surface area contributed by atoms with Gasteiger partial charge in [0.25, 0.3) is 0 Å². The molecule has 1 N–H and O–H groups in total. The Morgan fingerprint density at radius 1 is 1.10 bits per heavy atom. The van der Waals surface area contributed by atoms with Crippen LogP contribution in [0.25, 0.3) is 11.3 Å². The van der Waals surface area contributed by atoms with E-state index in [-0.39, 0.29) is 0 Å². The molecule has 2 heterocycles. The molecule has 1 fully saturated rings. The monoisotopic (exact) mass is 406 g/mol. The van der Waals surface area contributed by atoms with Gasteiger partial charge in [-0.2, -0.15) is 0 Å². The van der Waals surface area contributed by atoms with Crippen LogP contribution in [0, 0.1) is 0 Å². The van der Waals surface area contributed by atoms with Crippen molar-refractivity contribution in [2.24, 2.45) is 0 Å². The second-order valence-electron chi connectivity index (χ2n) is 8.42. The Balaban J connectivity index is 1.33. The van der Waals surface area contributed by atoms with Crippen molar-refractivity contribution in [2.45, 2.75) is 37.7 Å². The molecule has 2 aromatic carbocycles. The lowest BCUT2D eigenvalue weighted by Gasteiger charge is -2.38. The second kappa shape index (κ2) is 9.02. The molecule has 1 aliphatic rings. The minimum Gasteiger partial charge on any atom is -0.497 e. The maximum absolute atomic E-state index is 11.1. The number of hydrogen-bond donors (Lipinski definition) is 1. The van der Waals surface area contributed by atoms with Crippen molar-refractivity contribution < 1.29 is 14.4 Å². The minimum absolute atomic E-state index is 0.483. The lowest BCUT2D eigenvalue weighted by atomic mass is 9.86. The molecular weight excluding hydrogens is 376 g/mol. The molecule has 1 saturated heterocycles. The average Bonchev–Trinajstić information content (AvgIpc) is 3.24. The normalized spacial score (nSPS) is 17.6. The molecule has 1 aliphatic heterocycles. The van der Waals surface area contributed by atoms with Gasteiger partial charge in [0.2, 0.25) is 0 Å². The SMILES string of the molecule is COc1cccc(-c2cc(CC3(O)CCN(C[C@H](C)c4ccccc4)CC3)on2)c1. The zero-order chi connectivity index (χ0) is 21.0. The summed E-state index contributed by atoms with van der Waals surface area (Å²) in [7, 11) is 1.65. The molecule has 0 bridgehead atoms. The Kier molecular flexibility index (Phi) is 6.21. The number of methoxy groups -OCH3 is 1. The van der Waals surface area contributed by atoms with Gasteiger partial charge in [0, 0.05) is 37.7 Å². The average molecular weight is 407 g/mol. The van der Waals surface area contributed by atoms with Gasteiger partial charge in [0.05, 0.1) is 12.7 Å². The standard InChI is InChI=1S/C25H30N2O3/c1-19(20-7-4-3-5-8-20)18-27-13-11-25(28,12-14-27)17-23-16-24(26-30-23)21-9-6-10-22(15-21)29-2/h3-10,15-16,19,28H,11-14,17-18H2,1-2H3/t19-/m0/s1. The van der Waals surface area contributed by atoms with Crippen LogP contribution in [-0.4, -0.2) is 47.5 Å². The lowest BCUT2D eigenvalue weighted by molar-refractivity contribution is -0.0255. The van der Waals surface area contributed by atoms with Crippen molar-refractivity contribution in [1.29, 1.82) is 0 Å². The van der Waals surface area contributed by atoms with E-state index in [9.17, 15) is 5.11 Å². The molecule has 5 nitrogen and oxygen atoms in total. The molecule has 1 aromatic heterocycles. The maximum Gasteiger partial charge on any atom is 0.140 e. The Labute approximate surface area is 178 Å². The van der Waals surface area contributed by atoms with Crippen molar-refractivity contribution in [1.82, 2.24) is 10.1 Å². The molecule has 0 spiro atoms. The number of hydrogen-bond acceptors (Lipinski definition) is 5. The molecule has 0 radical (unpaired) electrons. The first-order valence-electron chi connectivity index (χ1n) is 10.6. The summed E-state index contributed by atoms with van der Waals surface area (Å²) in [6.07, 6.45) is 1.97. The summed E-state index contributed by atoms with van der Waals surface area (Å²) in [5.74, 6) is 1.99. The molecule has 0 amide bonds. The Morgan fingerprint density at radius 3 is 2.60 bits per heavy atom. The number of aromatic nitrogens is 1. The van der Waals surface area contributed by atoms with Crippen LogP contribution in [0.2, 0.25) is 0 Å². The van der Waals surface area contributed by atoms with Gasteiger partial charge in [-0.1, -0.05) is 54.5 Å². The predicted molar refractivity (Wildman–Crippen MR) is 118 cm³/mol. The number of benzene rings is 2. The first kappa shape index (κ1) is 20.6. The number of piperidine rings is 1. The maximum atomic E-state index is 11.1. The summed E-state index contributed by atoms with van der Waals surface area (Å²) >= 11 is 0. The number of nitrogens with zero attached hydrogens (tertiary/aromatic N) is 2. The summed E-state index contributed by atoms with van der Waals surface area (Å²) in [4.78, 5) is 2.45. The van der Waals surface area contributed by atoms with Crippen LogP contribution >= 0.6 is 0 Å². The Hall–Kier alpha value is -2.63. The van der Waals surface area contributed by atoms with Gasteiger partial charge in [-0.25, -0.2) is 0 Å². The highest BCUT2D eigenvalue weighted by atomic mass is 16.5. The predicted octanol–water partition coefficient (Wildman–Crippen LogP) is 4.52. The highest BCUT2D eigenvalue weighted by Gasteiger charge is 2.34. The van der Waals surface area contributed by atoms with E-state index in [1.54, 1.807) is 7.11 Å². The van der Waals surface area contributed by atoms with Crippen LogP contribution in [0.3, 0.4) is 0 Å². The number of aliphatic hydroxyl groups is 1. The molecule has 0 aliphatic carbocycles. The molecule has 3 aromatic rings. The largest absolute Gasteiger partial charge is 0.497 e. The quantitative estimate of drug-likeness (QED) is 0.625. The first-order chi connectivity index (χ1) is 14.5. The van der Waals surface area contributed by atoms with Crippen LogP contribution < -0.4 is 4.74 Å². The highest BCUT2D eigenvalue weighted by molar-refractivity contribution is 5.60. The summed E-state index contributed by atoms with van der Waals surface area (Å²) in [6.45, 7) is 5.07. The van der Waals surface area contributed by atoms with Crippen molar-refractivity contribution in [3.8, 4) is 17.0 Å². The molecule has 4 rings (SSSR count). The first-order valence-corrected chi connectivity index (χ1v) is 10.6. The summed E-state index contributed by atoms with van der Waals surface area (Å²) < 4.78 is 10.8. The van der Waals surface area contributed by atoms with Crippen molar-refractivity contribution in [3.05, 3.63) is 72.0 Å². The third kappa shape index (κ3) is 4.91. The third-order valence-corrected chi connectivity index (χ3v) is 6.12. The van der Waals surface area contributed by atoms with Crippen molar-refractivity contribution in [3.63, 3.8) is 0 Å². The molecular formula is C25H30N2O3. The molecule has 0 saturated carbocycles. The van der Waals surface area contributed by atoms with E-state index >= 15 is 0 Å². The fourth-order valence-electron chi connectivity index (χ4n) is 4.24. The van der Waals surface area contributed by atoms with Gasteiger partial charge < -0.3 is 19.3 Å². The third-order valence-electron chi connectivity index (χ3n) is 6.12. The zero-order valence-electron chi connectivity index (χ0n) is 17.8. The molecule has 158 valence electrons. The van der Waals surface area contributed by atoms with Crippen molar-refractivity contribution in [2.75, 3.05) is 26.7 Å². The van der Waals surface area contributed by atoms with Gasteiger partial charge in [-0.05, 0) is 36.5 Å². The summed E-state index contributed by atoms with van der Waals surface area (Å²) in [5, 5.41) is 15.3. The number of rotatable bonds is 7. The number of ether oxygens (including phenoxy) is 1. The van der Waals surface area contributed by atoms with E-state index in [1.165, 1.54) is 5.56 Å². The molecule has 5 heteroatoms. The summed E-state index contributed by atoms with van der Waals surface area (Å²) in [6, 6.07) is 20.3. The summed E-state index contributed by atoms with van der Waals surface area (Å²) in [5.41, 5.74) is 2.34. The smallest absolute Gasteiger partial charge is 0.140 e. The van der Waals surface area contributed by atoms with Gasteiger partial charge in [0.15, 0.2) is 0 Å². The second-order valence-corrected chi connectivity index (χ2v) is 8.42. The lowest BCUT2D eigenvalue weighted by Crippen LogP contribution is -2.46. The molecule has 1 atom stereocenters. The fraction of sp³-hybridized carbons (Fsp3) is 0.400. The Morgan fingerprint density at radius 2 is 1.87 bits per heavy atom. The Bertz CT molecular complexity index is 946. The van der Waals surface area contributed by atoms with Crippen LogP contribution in [0.1, 0.15) is 37.0 Å².